The molecule has 2 rings (SSSR count). The SMILES string of the molecule is CC1CCCC(N)C1C(=O)N1CC(C)N(C)C(C)C1. The largest absolute Gasteiger partial charge is 0.339 e. The van der Waals surface area contributed by atoms with Crippen LogP contribution in [0, 0.1) is 11.8 Å². The molecule has 1 saturated carbocycles. The average molecular weight is 267 g/mol. The van der Waals surface area contributed by atoms with Crippen LogP contribution >= 0.6 is 0 Å². The summed E-state index contributed by atoms with van der Waals surface area (Å²) in [6.45, 7) is 8.26. The number of piperazine rings is 1. The Bertz CT molecular complexity index is 311. The lowest BCUT2D eigenvalue weighted by molar-refractivity contribution is -0.143. The van der Waals surface area contributed by atoms with E-state index in [4.69, 9.17) is 5.73 Å². The average Bonchev–Trinajstić information content (AvgIpc) is 2.35. The molecule has 19 heavy (non-hydrogen) atoms. The fourth-order valence-corrected chi connectivity index (χ4v) is 3.68. The molecule has 5 atom stereocenters. The Kier molecular flexibility index (Phi) is 4.51. The van der Waals surface area contributed by atoms with Gasteiger partial charge in [0.1, 0.15) is 0 Å². The van der Waals surface area contributed by atoms with Crippen LogP contribution in [0.1, 0.15) is 40.0 Å². The topological polar surface area (TPSA) is 49.6 Å². The molecule has 1 saturated heterocycles. The first-order valence-corrected chi connectivity index (χ1v) is 7.68. The Hall–Kier alpha value is -0.610. The number of nitrogens with two attached hydrogens (primary N) is 1. The normalized spacial score (nSPS) is 41.3. The van der Waals surface area contributed by atoms with E-state index in [-0.39, 0.29) is 12.0 Å². The number of likely N-dealkylation sites (N-methyl/N-ethyl adjacent to an activating group) is 1. The van der Waals surface area contributed by atoms with Crippen LogP contribution in [0.3, 0.4) is 0 Å². The molecule has 0 radical (unpaired) electrons. The predicted octanol–water partition coefficient (Wildman–Crippen LogP) is 1.30. The van der Waals surface area contributed by atoms with Gasteiger partial charge in [0.15, 0.2) is 0 Å². The molecule has 0 aromatic rings. The van der Waals surface area contributed by atoms with Crippen molar-refractivity contribution in [1.82, 2.24) is 9.80 Å². The van der Waals surface area contributed by atoms with Crippen molar-refractivity contribution in [2.24, 2.45) is 17.6 Å². The number of hydrogen-bond acceptors (Lipinski definition) is 3. The van der Waals surface area contributed by atoms with Crippen molar-refractivity contribution in [2.45, 2.75) is 58.2 Å². The predicted molar refractivity (Wildman–Crippen MR) is 77.7 cm³/mol. The first kappa shape index (κ1) is 14.8. The molecule has 0 bridgehead atoms. The van der Waals surface area contributed by atoms with E-state index in [1.807, 2.05) is 0 Å². The minimum Gasteiger partial charge on any atom is -0.339 e. The quantitative estimate of drug-likeness (QED) is 0.779. The summed E-state index contributed by atoms with van der Waals surface area (Å²) in [5.41, 5.74) is 6.22. The minimum absolute atomic E-state index is 0.0385. The van der Waals surface area contributed by atoms with E-state index in [0.717, 1.165) is 25.9 Å². The van der Waals surface area contributed by atoms with Gasteiger partial charge in [0.05, 0.1) is 5.92 Å². The van der Waals surface area contributed by atoms with Gasteiger partial charge in [-0.1, -0.05) is 13.3 Å². The van der Waals surface area contributed by atoms with Crippen LogP contribution in [0.5, 0.6) is 0 Å². The highest BCUT2D eigenvalue weighted by molar-refractivity contribution is 5.80. The standard InChI is InChI=1S/C15H29N3O/c1-10-6-5-7-13(16)14(10)15(19)18-8-11(2)17(4)12(3)9-18/h10-14H,5-9,16H2,1-4H3. The van der Waals surface area contributed by atoms with Crippen molar-refractivity contribution < 1.29 is 4.79 Å². The van der Waals surface area contributed by atoms with Gasteiger partial charge < -0.3 is 10.6 Å². The second-order valence-corrected chi connectivity index (χ2v) is 6.70. The first-order chi connectivity index (χ1) is 8.91. The monoisotopic (exact) mass is 267 g/mol. The van der Waals surface area contributed by atoms with Gasteiger partial charge in [0, 0.05) is 31.2 Å². The van der Waals surface area contributed by atoms with E-state index in [9.17, 15) is 4.79 Å². The highest BCUT2D eigenvalue weighted by atomic mass is 16.2. The van der Waals surface area contributed by atoms with Crippen LogP contribution in [0.25, 0.3) is 0 Å². The third-order valence-electron chi connectivity index (χ3n) is 5.23. The van der Waals surface area contributed by atoms with Gasteiger partial charge in [-0.25, -0.2) is 0 Å². The molecule has 0 aromatic heterocycles. The van der Waals surface area contributed by atoms with Crippen LogP contribution < -0.4 is 5.73 Å². The summed E-state index contributed by atoms with van der Waals surface area (Å²) in [6, 6.07) is 0.923. The second-order valence-electron chi connectivity index (χ2n) is 6.70. The summed E-state index contributed by atoms with van der Waals surface area (Å²) in [5.74, 6) is 0.768. The molecule has 1 amide bonds. The summed E-state index contributed by atoms with van der Waals surface area (Å²) in [7, 11) is 2.14. The molecule has 2 fully saturated rings. The lowest BCUT2D eigenvalue weighted by Crippen LogP contribution is -2.59. The number of carbonyl (C=O) groups is 1. The van der Waals surface area contributed by atoms with Crippen LogP contribution in [0.15, 0.2) is 0 Å². The van der Waals surface area contributed by atoms with Crippen molar-refractivity contribution in [1.29, 1.82) is 0 Å². The Balaban J connectivity index is 2.06. The molecule has 1 aliphatic carbocycles. The highest BCUT2D eigenvalue weighted by Crippen LogP contribution is 2.31. The molecule has 2 aliphatic rings. The summed E-state index contributed by atoms with van der Waals surface area (Å²) in [5, 5.41) is 0. The molecular weight excluding hydrogens is 238 g/mol. The van der Waals surface area contributed by atoms with Crippen LogP contribution in [0.2, 0.25) is 0 Å². The second kappa shape index (κ2) is 5.80. The van der Waals surface area contributed by atoms with Crippen molar-refractivity contribution in [3.63, 3.8) is 0 Å². The van der Waals surface area contributed by atoms with Gasteiger partial charge in [-0.3, -0.25) is 9.69 Å². The molecular formula is C15H29N3O. The van der Waals surface area contributed by atoms with Crippen molar-refractivity contribution in [3.05, 3.63) is 0 Å². The van der Waals surface area contributed by atoms with Gasteiger partial charge in [0.2, 0.25) is 5.91 Å². The number of rotatable bonds is 1. The lowest BCUT2D eigenvalue weighted by atomic mass is 9.76. The molecule has 5 unspecified atom stereocenters. The van der Waals surface area contributed by atoms with Crippen molar-refractivity contribution >= 4 is 5.91 Å². The van der Waals surface area contributed by atoms with Crippen molar-refractivity contribution in [2.75, 3.05) is 20.1 Å². The maximum atomic E-state index is 12.8. The maximum Gasteiger partial charge on any atom is 0.227 e. The molecule has 1 aliphatic heterocycles. The lowest BCUT2D eigenvalue weighted by Gasteiger charge is -2.45. The van der Waals surface area contributed by atoms with Crippen molar-refractivity contribution in [3.8, 4) is 0 Å². The Morgan fingerprint density at radius 3 is 2.21 bits per heavy atom. The summed E-state index contributed by atoms with van der Waals surface area (Å²) < 4.78 is 0. The van der Waals surface area contributed by atoms with Crippen LogP contribution in [-0.2, 0) is 4.79 Å². The first-order valence-electron chi connectivity index (χ1n) is 7.68. The van der Waals surface area contributed by atoms with Crippen LogP contribution in [-0.4, -0.2) is 54.0 Å². The number of amides is 1. The Labute approximate surface area is 117 Å². The molecule has 4 nitrogen and oxygen atoms in total. The van der Waals surface area contributed by atoms with E-state index >= 15 is 0 Å². The molecule has 1 heterocycles. The molecule has 2 N–H and O–H groups in total. The zero-order valence-electron chi connectivity index (χ0n) is 12.8. The third-order valence-corrected chi connectivity index (χ3v) is 5.23. The van der Waals surface area contributed by atoms with Gasteiger partial charge in [-0.05, 0) is 39.7 Å². The zero-order chi connectivity index (χ0) is 14.2. The van der Waals surface area contributed by atoms with Gasteiger partial charge in [-0.2, -0.15) is 0 Å². The third kappa shape index (κ3) is 2.95. The minimum atomic E-state index is 0.0385. The highest BCUT2D eigenvalue weighted by Gasteiger charge is 2.39. The van der Waals surface area contributed by atoms with E-state index in [1.165, 1.54) is 6.42 Å². The summed E-state index contributed by atoms with van der Waals surface area (Å²) in [4.78, 5) is 17.2. The van der Waals surface area contributed by atoms with E-state index in [1.54, 1.807) is 0 Å². The van der Waals surface area contributed by atoms with E-state index < -0.39 is 0 Å². The Morgan fingerprint density at radius 2 is 1.68 bits per heavy atom. The smallest absolute Gasteiger partial charge is 0.227 e. The summed E-state index contributed by atoms with van der Waals surface area (Å²) >= 11 is 0. The van der Waals surface area contributed by atoms with Gasteiger partial charge >= 0.3 is 0 Å². The molecule has 0 aromatic carbocycles. The molecule has 0 spiro atoms. The number of hydrogen-bond donors (Lipinski definition) is 1. The summed E-state index contributed by atoms with van der Waals surface area (Å²) in [6.07, 6.45) is 3.31. The van der Waals surface area contributed by atoms with E-state index in [2.05, 4.69) is 37.6 Å². The van der Waals surface area contributed by atoms with Crippen LogP contribution in [0.4, 0.5) is 0 Å². The molecule has 110 valence electrons. The fourth-order valence-electron chi connectivity index (χ4n) is 3.68. The number of carbonyl (C=O) groups excluding carboxylic acids is 1. The number of nitrogens with zero attached hydrogens (tertiary/aromatic N) is 2. The van der Waals surface area contributed by atoms with E-state index in [0.29, 0.717) is 23.9 Å². The zero-order valence-corrected chi connectivity index (χ0v) is 12.8. The van der Waals surface area contributed by atoms with Gasteiger partial charge in [-0.15, -0.1) is 0 Å². The maximum absolute atomic E-state index is 12.8. The Morgan fingerprint density at radius 1 is 1.11 bits per heavy atom. The molecule has 4 heteroatoms. The van der Waals surface area contributed by atoms with Gasteiger partial charge in [0.25, 0.3) is 0 Å². The fraction of sp³-hybridized carbons (Fsp3) is 0.933.